The number of aryl methyl sites for hydroxylation is 4. The van der Waals surface area contributed by atoms with Crippen molar-refractivity contribution in [2.45, 2.75) is 41.2 Å². The van der Waals surface area contributed by atoms with Gasteiger partial charge in [-0.1, -0.05) is 12.1 Å². The molecular weight excluding hydrogens is 284 g/mol. The predicted molar refractivity (Wildman–Crippen MR) is 95.0 cm³/mol. The Morgan fingerprint density at radius 3 is 2.43 bits per heavy atom. The van der Waals surface area contributed by atoms with Gasteiger partial charge >= 0.3 is 0 Å². The van der Waals surface area contributed by atoms with Crippen molar-refractivity contribution in [3.05, 3.63) is 52.6 Å². The molecule has 2 aromatic carbocycles. The van der Waals surface area contributed by atoms with E-state index in [2.05, 4.69) is 72.6 Å². The van der Waals surface area contributed by atoms with Gasteiger partial charge in [-0.25, -0.2) is 4.98 Å². The van der Waals surface area contributed by atoms with Crippen LogP contribution in [0.3, 0.4) is 0 Å². The molecule has 0 bridgehead atoms. The second-order valence-electron chi connectivity index (χ2n) is 6.00. The summed E-state index contributed by atoms with van der Waals surface area (Å²) in [5, 5.41) is 8.85. The third-order valence-corrected chi connectivity index (χ3v) is 4.48. The fourth-order valence-corrected chi connectivity index (χ4v) is 2.70. The lowest BCUT2D eigenvalue weighted by atomic mass is 10.1. The minimum atomic E-state index is 0.661. The zero-order valence-electron chi connectivity index (χ0n) is 14.4. The highest BCUT2D eigenvalue weighted by molar-refractivity contribution is 5.80. The number of aromatic nitrogens is 2. The highest BCUT2D eigenvalue weighted by Gasteiger charge is 2.10. The molecular formula is C19H22N4. The second kappa shape index (κ2) is 5.95. The van der Waals surface area contributed by atoms with Crippen LogP contribution < -0.4 is 0 Å². The van der Waals surface area contributed by atoms with E-state index in [1.165, 1.54) is 16.7 Å². The quantitative estimate of drug-likeness (QED) is 0.572. The fraction of sp³-hybridized carbons (Fsp3) is 0.316. The van der Waals surface area contributed by atoms with E-state index in [0.29, 0.717) is 5.95 Å². The maximum atomic E-state index is 4.66. The third kappa shape index (κ3) is 2.77. The molecule has 0 aliphatic heterocycles. The molecule has 3 aromatic rings. The zero-order chi connectivity index (χ0) is 16.6. The van der Waals surface area contributed by atoms with Gasteiger partial charge in [0.2, 0.25) is 5.95 Å². The van der Waals surface area contributed by atoms with Gasteiger partial charge in [0.15, 0.2) is 0 Å². The van der Waals surface area contributed by atoms with Crippen LogP contribution in [-0.2, 0) is 6.54 Å². The first-order chi connectivity index (χ1) is 11.0. The number of nitrogens with zero attached hydrogens (tertiary/aromatic N) is 4. The summed E-state index contributed by atoms with van der Waals surface area (Å²) in [6.07, 6.45) is 0. The van der Waals surface area contributed by atoms with Crippen molar-refractivity contribution in [1.29, 1.82) is 0 Å². The molecule has 4 nitrogen and oxygen atoms in total. The van der Waals surface area contributed by atoms with Crippen LogP contribution in [0.4, 0.5) is 11.6 Å². The van der Waals surface area contributed by atoms with Crippen LogP contribution in [-0.4, -0.2) is 9.55 Å². The second-order valence-corrected chi connectivity index (χ2v) is 6.00. The predicted octanol–water partition coefficient (Wildman–Crippen LogP) is 5.71. The van der Waals surface area contributed by atoms with Gasteiger partial charge in [-0.05, 0) is 75.1 Å². The maximum absolute atomic E-state index is 4.66. The molecule has 0 saturated heterocycles. The van der Waals surface area contributed by atoms with Gasteiger partial charge in [0.05, 0.1) is 16.7 Å². The van der Waals surface area contributed by atoms with Crippen molar-refractivity contribution in [2.75, 3.05) is 0 Å². The van der Waals surface area contributed by atoms with E-state index < -0.39 is 0 Å². The minimum absolute atomic E-state index is 0.661. The lowest BCUT2D eigenvalue weighted by molar-refractivity contribution is 0.781. The smallest absolute Gasteiger partial charge is 0.250 e. The van der Waals surface area contributed by atoms with E-state index in [-0.39, 0.29) is 0 Å². The summed E-state index contributed by atoms with van der Waals surface area (Å²) in [6, 6.07) is 10.4. The average Bonchev–Trinajstić information content (AvgIpc) is 2.86. The maximum Gasteiger partial charge on any atom is 0.250 e. The molecule has 0 amide bonds. The standard InChI is InChI=1S/C19H22N4/c1-6-23-18-11-14(4)13(3)10-17(18)20-19(23)22-21-16-9-7-8-12(2)15(16)5/h7-11H,6H2,1-5H3. The van der Waals surface area contributed by atoms with Crippen molar-refractivity contribution < 1.29 is 0 Å². The Hall–Kier alpha value is -2.49. The van der Waals surface area contributed by atoms with Gasteiger partial charge in [0.1, 0.15) is 0 Å². The molecule has 0 N–H and O–H groups in total. The highest BCUT2D eigenvalue weighted by Crippen LogP contribution is 2.27. The molecule has 1 aromatic heterocycles. The Morgan fingerprint density at radius 1 is 0.957 bits per heavy atom. The lowest BCUT2D eigenvalue weighted by Crippen LogP contribution is -1.93. The number of fused-ring (bicyclic) bond motifs is 1. The molecule has 0 radical (unpaired) electrons. The van der Waals surface area contributed by atoms with Gasteiger partial charge in [-0.15, -0.1) is 10.2 Å². The molecule has 0 fully saturated rings. The Kier molecular flexibility index (Phi) is 3.99. The van der Waals surface area contributed by atoms with Crippen molar-refractivity contribution in [3.63, 3.8) is 0 Å². The number of azo groups is 1. The van der Waals surface area contributed by atoms with E-state index in [1.54, 1.807) is 0 Å². The average molecular weight is 306 g/mol. The van der Waals surface area contributed by atoms with Crippen molar-refractivity contribution >= 4 is 22.7 Å². The zero-order valence-corrected chi connectivity index (χ0v) is 14.4. The largest absolute Gasteiger partial charge is 0.307 e. The van der Waals surface area contributed by atoms with E-state index in [1.807, 2.05) is 12.1 Å². The van der Waals surface area contributed by atoms with Gasteiger partial charge in [-0.3, -0.25) is 0 Å². The molecule has 0 aliphatic carbocycles. The Balaban J connectivity index is 2.09. The lowest BCUT2D eigenvalue weighted by Gasteiger charge is -2.04. The highest BCUT2D eigenvalue weighted by atomic mass is 15.3. The minimum Gasteiger partial charge on any atom is -0.307 e. The van der Waals surface area contributed by atoms with Crippen LogP contribution >= 0.6 is 0 Å². The number of benzene rings is 2. The van der Waals surface area contributed by atoms with Crippen LogP contribution in [0.1, 0.15) is 29.2 Å². The molecule has 1 heterocycles. The van der Waals surface area contributed by atoms with Crippen LogP contribution in [0.25, 0.3) is 11.0 Å². The van der Waals surface area contributed by atoms with E-state index in [0.717, 1.165) is 28.8 Å². The van der Waals surface area contributed by atoms with Crippen molar-refractivity contribution in [2.24, 2.45) is 10.2 Å². The van der Waals surface area contributed by atoms with E-state index in [4.69, 9.17) is 0 Å². The number of rotatable bonds is 3. The van der Waals surface area contributed by atoms with Gasteiger partial charge in [-0.2, -0.15) is 0 Å². The third-order valence-electron chi connectivity index (χ3n) is 4.48. The molecule has 0 unspecified atom stereocenters. The molecule has 0 atom stereocenters. The van der Waals surface area contributed by atoms with Gasteiger partial charge in [0.25, 0.3) is 0 Å². The van der Waals surface area contributed by atoms with Crippen LogP contribution in [0.15, 0.2) is 40.6 Å². The first-order valence-electron chi connectivity index (χ1n) is 7.96. The van der Waals surface area contributed by atoms with Gasteiger partial charge in [0, 0.05) is 6.54 Å². The van der Waals surface area contributed by atoms with E-state index >= 15 is 0 Å². The Morgan fingerprint density at radius 2 is 1.70 bits per heavy atom. The summed E-state index contributed by atoms with van der Waals surface area (Å²) < 4.78 is 2.11. The molecule has 0 spiro atoms. The monoisotopic (exact) mass is 306 g/mol. The molecule has 118 valence electrons. The summed E-state index contributed by atoms with van der Waals surface area (Å²) in [5.74, 6) is 0.661. The molecule has 0 aliphatic rings. The normalized spacial score (nSPS) is 11.7. The topological polar surface area (TPSA) is 42.5 Å². The van der Waals surface area contributed by atoms with E-state index in [9.17, 15) is 0 Å². The Labute approximate surface area is 136 Å². The van der Waals surface area contributed by atoms with Crippen LogP contribution in [0.5, 0.6) is 0 Å². The molecule has 0 saturated carbocycles. The molecule has 3 rings (SSSR count). The SMILES string of the molecule is CCn1c(N=Nc2cccc(C)c2C)nc2cc(C)c(C)cc21. The number of hydrogen-bond donors (Lipinski definition) is 0. The number of hydrogen-bond acceptors (Lipinski definition) is 3. The Bertz CT molecular complexity index is 903. The first-order valence-corrected chi connectivity index (χ1v) is 7.96. The van der Waals surface area contributed by atoms with Crippen LogP contribution in [0, 0.1) is 27.7 Å². The van der Waals surface area contributed by atoms with Crippen molar-refractivity contribution in [3.8, 4) is 0 Å². The number of imidazole rings is 1. The molecule has 4 heteroatoms. The van der Waals surface area contributed by atoms with Crippen molar-refractivity contribution in [1.82, 2.24) is 9.55 Å². The first kappa shape index (κ1) is 15.4. The summed E-state index contributed by atoms with van der Waals surface area (Å²) in [4.78, 5) is 4.66. The molecule has 23 heavy (non-hydrogen) atoms. The fourth-order valence-electron chi connectivity index (χ4n) is 2.70. The summed E-state index contributed by atoms with van der Waals surface area (Å²) >= 11 is 0. The summed E-state index contributed by atoms with van der Waals surface area (Å²) in [7, 11) is 0. The van der Waals surface area contributed by atoms with Gasteiger partial charge < -0.3 is 4.57 Å². The summed E-state index contributed by atoms with van der Waals surface area (Å²) in [5.41, 5.74) is 7.88. The summed E-state index contributed by atoms with van der Waals surface area (Å²) in [6.45, 7) is 11.3. The van der Waals surface area contributed by atoms with Crippen LogP contribution in [0.2, 0.25) is 0 Å².